The van der Waals surface area contributed by atoms with Gasteiger partial charge < -0.3 is 0 Å². The Morgan fingerprint density at radius 1 is 0.800 bits per heavy atom. The van der Waals surface area contributed by atoms with Crippen molar-refractivity contribution < 1.29 is 0 Å². The maximum Gasteiger partial charge on any atom is 0.103 e. The van der Waals surface area contributed by atoms with Crippen LogP contribution in [0.4, 0.5) is 0 Å². The third-order valence-corrected chi connectivity index (χ3v) is 5.43. The van der Waals surface area contributed by atoms with Gasteiger partial charge in [-0.2, -0.15) is 0 Å². The van der Waals surface area contributed by atoms with Crippen LogP contribution in [0.1, 0.15) is 16.7 Å². The molecule has 0 aliphatic heterocycles. The lowest BCUT2D eigenvalue weighted by Gasteiger charge is -2.24. The summed E-state index contributed by atoms with van der Waals surface area (Å²) in [4.78, 5) is 13.3. The van der Waals surface area contributed by atoms with Crippen LogP contribution in [0.25, 0.3) is 11.4 Å². The van der Waals surface area contributed by atoms with Crippen LogP contribution in [0.5, 0.6) is 0 Å². The molecule has 4 rings (SSSR count). The Hall–Kier alpha value is -1.82. The third-order valence-electron chi connectivity index (χ3n) is 3.64. The van der Waals surface area contributed by atoms with Crippen LogP contribution in [-0.4, -0.2) is 15.0 Å². The number of hydrogen-bond donors (Lipinski definition) is 0. The minimum absolute atomic E-state index is 0.265. The maximum absolute atomic E-state index is 4.53. The summed E-state index contributed by atoms with van der Waals surface area (Å²) >= 11 is 2.49. The molecule has 0 N–H and O–H groups in total. The van der Waals surface area contributed by atoms with E-state index >= 15 is 0 Å². The average Bonchev–Trinajstić information content (AvgIpc) is 2.80. The van der Waals surface area contributed by atoms with E-state index in [0.29, 0.717) is 0 Å². The molecule has 3 heterocycles. The summed E-state index contributed by atoms with van der Waals surface area (Å²) in [5.74, 6) is 0. The van der Waals surface area contributed by atoms with Crippen LogP contribution in [-0.2, 0) is 3.42 Å². The number of fused-ring (bicyclic) bond motifs is 3. The van der Waals surface area contributed by atoms with Crippen molar-refractivity contribution in [2.45, 2.75) is 3.42 Å². The van der Waals surface area contributed by atoms with Crippen LogP contribution in [0.15, 0.2) is 61.2 Å². The zero-order valence-electron chi connectivity index (χ0n) is 10.5. The van der Waals surface area contributed by atoms with Gasteiger partial charge in [-0.25, -0.2) is 0 Å². The van der Waals surface area contributed by atoms with Gasteiger partial charge in [0, 0.05) is 35.9 Å². The molecule has 3 aromatic rings. The molecule has 4 heteroatoms. The molecule has 0 spiro atoms. The molecule has 0 unspecified atom stereocenters. The number of nitrogens with zero attached hydrogens (tertiary/aromatic N) is 3. The predicted molar refractivity (Wildman–Crippen MR) is 85.6 cm³/mol. The molecule has 0 bridgehead atoms. The van der Waals surface area contributed by atoms with Gasteiger partial charge in [-0.05, 0) is 23.8 Å². The summed E-state index contributed by atoms with van der Waals surface area (Å²) in [6.07, 6.45) is 7.36. The first-order valence-corrected chi connectivity index (χ1v) is 7.40. The lowest BCUT2D eigenvalue weighted by atomic mass is 9.91. The van der Waals surface area contributed by atoms with E-state index < -0.39 is 0 Å². The summed E-state index contributed by atoms with van der Waals surface area (Å²) in [5, 5.41) is 0. The lowest BCUT2D eigenvalue weighted by molar-refractivity contribution is 0.952. The fourth-order valence-corrected chi connectivity index (χ4v) is 3.96. The van der Waals surface area contributed by atoms with Gasteiger partial charge in [0.1, 0.15) is 3.42 Å². The highest BCUT2D eigenvalue weighted by atomic mass is 127. The number of rotatable bonds is 1. The van der Waals surface area contributed by atoms with E-state index in [0.717, 1.165) is 17.0 Å². The molecular weight excluding hydrogens is 361 g/mol. The normalized spacial score (nSPS) is 14.7. The van der Waals surface area contributed by atoms with Gasteiger partial charge in [0.2, 0.25) is 0 Å². The first-order valence-electron chi connectivity index (χ1n) is 6.32. The molecular formula is C16H10IN3. The molecule has 0 saturated carbocycles. The molecule has 1 aliphatic rings. The van der Waals surface area contributed by atoms with Gasteiger partial charge in [0.15, 0.2) is 0 Å². The fourth-order valence-electron chi connectivity index (χ4n) is 2.77. The highest BCUT2D eigenvalue weighted by molar-refractivity contribution is 14.1. The molecule has 3 nitrogen and oxygen atoms in total. The first kappa shape index (κ1) is 12.0. The van der Waals surface area contributed by atoms with E-state index in [1.165, 1.54) is 11.1 Å². The van der Waals surface area contributed by atoms with E-state index in [-0.39, 0.29) is 3.42 Å². The average molecular weight is 371 g/mol. The van der Waals surface area contributed by atoms with Crippen molar-refractivity contribution in [3.05, 3.63) is 77.9 Å². The van der Waals surface area contributed by atoms with Crippen LogP contribution in [0.3, 0.4) is 0 Å². The minimum Gasteiger partial charge on any atom is -0.264 e. The molecule has 20 heavy (non-hydrogen) atoms. The van der Waals surface area contributed by atoms with Crippen molar-refractivity contribution in [3.8, 4) is 11.4 Å². The van der Waals surface area contributed by atoms with Crippen molar-refractivity contribution in [1.29, 1.82) is 0 Å². The summed E-state index contributed by atoms with van der Waals surface area (Å²) in [6, 6.07) is 12.3. The Labute approximate surface area is 130 Å². The largest absolute Gasteiger partial charge is 0.264 e. The number of aromatic nitrogens is 3. The van der Waals surface area contributed by atoms with E-state index in [1.54, 1.807) is 6.20 Å². The van der Waals surface area contributed by atoms with Crippen LogP contribution >= 0.6 is 22.6 Å². The Morgan fingerprint density at radius 3 is 1.95 bits per heavy atom. The van der Waals surface area contributed by atoms with Gasteiger partial charge in [0.05, 0.1) is 11.4 Å². The van der Waals surface area contributed by atoms with Gasteiger partial charge in [-0.15, -0.1) is 0 Å². The Bertz CT molecular complexity index is 741. The maximum atomic E-state index is 4.53. The SMILES string of the molecule is IC1(c2cccnc2)c2cccnc2-c2ncccc21. The van der Waals surface area contributed by atoms with Crippen LogP contribution in [0, 0.1) is 0 Å². The lowest BCUT2D eigenvalue weighted by Crippen LogP contribution is -2.18. The van der Waals surface area contributed by atoms with Gasteiger partial charge in [0.25, 0.3) is 0 Å². The second-order valence-electron chi connectivity index (χ2n) is 4.70. The molecule has 0 atom stereocenters. The Kier molecular flexibility index (Phi) is 2.60. The highest BCUT2D eigenvalue weighted by Gasteiger charge is 2.44. The minimum atomic E-state index is -0.265. The van der Waals surface area contributed by atoms with Gasteiger partial charge in [-0.1, -0.05) is 40.8 Å². The smallest absolute Gasteiger partial charge is 0.103 e. The van der Waals surface area contributed by atoms with Crippen molar-refractivity contribution in [2.24, 2.45) is 0 Å². The third kappa shape index (κ3) is 1.48. The van der Waals surface area contributed by atoms with Crippen LogP contribution in [0.2, 0.25) is 0 Å². The molecule has 0 saturated heterocycles. The van der Waals surface area contributed by atoms with E-state index in [2.05, 4.69) is 55.7 Å². The molecule has 0 amide bonds. The van der Waals surface area contributed by atoms with Crippen molar-refractivity contribution in [1.82, 2.24) is 15.0 Å². The number of pyridine rings is 3. The zero-order chi connectivity index (χ0) is 13.6. The summed E-state index contributed by atoms with van der Waals surface area (Å²) in [7, 11) is 0. The number of alkyl halides is 1. The molecule has 1 aliphatic carbocycles. The molecule has 96 valence electrons. The molecule has 0 radical (unpaired) electrons. The van der Waals surface area contributed by atoms with E-state index in [4.69, 9.17) is 0 Å². The molecule has 0 aromatic carbocycles. The summed E-state index contributed by atoms with van der Waals surface area (Å²) in [6.45, 7) is 0. The predicted octanol–water partition coefficient (Wildman–Crippen LogP) is 3.58. The van der Waals surface area contributed by atoms with Gasteiger partial charge >= 0.3 is 0 Å². The summed E-state index contributed by atoms with van der Waals surface area (Å²) < 4.78 is -0.265. The molecule has 0 fully saturated rings. The van der Waals surface area contributed by atoms with Crippen molar-refractivity contribution in [2.75, 3.05) is 0 Å². The van der Waals surface area contributed by atoms with E-state index in [1.807, 2.05) is 36.8 Å². The topological polar surface area (TPSA) is 38.7 Å². The number of hydrogen-bond acceptors (Lipinski definition) is 3. The van der Waals surface area contributed by atoms with Crippen molar-refractivity contribution in [3.63, 3.8) is 0 Å². The zero-order valence-corrected chi connectivity index (χ0v) is 12.7. The highest BCUT2D eigenvalue weighted by Crippen LogP contribution is 2.54. The van der Waals surface area contributed by atoms with Crippen molar-refractivity contribution >= 4 is 22.6 Å². The Morgan fingerprint density at radius 2 is 1.40 bits per heavy atom. The van der Waals surface area contributed by atoms with Gasteiger partial charge in [-0.3, -0.25) is 15.0 Å². The Balaban J connectivity index is 2.10. The monoisotopic (exact) mass is 371 g/mol. The molecule has 3 aromatic heterocycles. The summed E-state index contributed by atoms with van der Waals surface area (Å²) in [5.41, 5.74) is 5.47. The fraction of sp³-hybridized carbons (Fsp3) is 0.0625. The first-order chi connectivity index (χ1) is 9.82. The quantitative estimate of drug-likeness (QED) is 0.485. The number of halogens is 1. The van der Waals surface area contributed by atoms with Crippen LogP contribution < -0.4 is 0 Å². The second kappa shape index (κ2) is 4.34. The van der Waals surface area contributed by atoms with E-state index in [9.17, 15) is 0 Å². The second-order valence-corrected chi connectivity index (χ2v) is 6.32. The standard InChI is InChI=1S/C16H10IN3/c17-16(11-4-1-7-18-10-11)12-5-2-8-19-14(12)15-13(16)6-3-9-20-15/h1-10H.